The highest BCUT2D eigenvalue weighted by Gasteiger charge is 2.53. The van der Waals surface area contributed by atoms with Crippen molar-refractivity contribution in [1.29, 1.82) is 0 Å². The smallest absolute Gasteiger partial charge is 0.122 e. The number of hydrogen-bond acceptors (Lipinski definition) is 1. The Morgan fingerprint density at radius 1 is 0.923 bits per heavy atom. The Morgan fingerprint density at radius 3 is 1.46 bits per heavy atom. The first kappa shape index (κ1) is 11.0. The molecule has 0 radical (unpaired) electrons. The van der Waals surface area contributed by atoms with E-state index in [4.69, 9.17) is 46.4 Å². The second kappa shape index (κ2) is 3.52. The Kier molecular flexibility index (Phi) is 2.98. The van der Waals surface area contributed by atoms with Crippen LogP contribution >= 0.6 is 58.2 Å². The minimum absolute atomic E-state index is 0.435. The van der Waals surface area contributed by atoms with E-state index in [1.54, 1.807) is 0 Å². The van der Waals surface area contributed by atoms with Gasteiger partial charge in [-0.1, -0.05) is 0 Å². The second-order valence-corrected chi connectivity index (χ2v) is 8.02. The highest BCUT2D eigenvalue weighted by molar-refractivity contribution is 7.99. The summed E-state index contributed by atoms with van der Waals surface area (Å²) < 4.78 is -0.870. The van der Waals surface area contributed by atoms with Crippen molar-refractivity contribution in [3.05, 3.63) is 0 Å². The van der Waals surface area contributed by atoms with Gasteiger partial charge in [0.15, 0.2) is 0 Å². The molecule has 2 saturated carbocycles. The average molecular weight is 280 g/mol. The minimum Gasteiger partial charge on any atom is -0.161 e. The van der Waals surface area contributed by atoms with Crippen molar-refractivity contribution in [2.24, 2.45) is 11.8 Å². The maximum absolute atomic E-state index is 5.89. The monoisotopic (exact) mass is 278 g/mol. The summed E-state index contributed by atoms with van der Waals surface area (Å²) in [5.74, 6) is 3.01. The van der Waals surface area contributed by atoms with E-state index in [2.05, 4.69) is 0 Å². The molecular weight excluding hydrogens is 270 g/mol. The van der Waals surface area contributed by atoms with Gasteiger partial charge in [0.1, 0.15) is 8.67 Å². The van der Waals surface area contributed by atoms with Gasteiger partial charge in [-0.05, 0) is 24.3 Å². The average Bonchev–Trinajstić information content (AvgIpc) is 2.75. The molecule has 13 heavy (non-hydrogen) atoms. The third-order valence-corrected chi connectivity index (χ3v) is 5.68. The van der Waals surface area contributed by atoms with Crippen molar-refractivity contribution >= 4 is 58.2 Å². The molecule has 0 amide bonds. The molecule has 0 N–H and O–H groups in total. The molecule has 0 saturated heterocycles. The Hall–Kier alpha value is 1.51. The normalized spacial score (nSPS) is 38.8. The van der Waals surface area contributed by atoms with Crippen molar-refractivity contribution < 1.29 is 0 Å². The predicted molar refractivity (Wildman–Crippen MR) is 62.4 cm³/mol. The summed E-state index contributed by atoms with van der Waals surface area (Å²) in [4.78, 5) is 0. The molecule has 0 aromatic heterocycles. The Labute approximate surface area is 103 Å². The lowest BCUT2D eigenvalue weighted by molar-refractivity contribution is 0.950. The predicted octanol–water partition coefficient (Wildman–Crippen LogP) is 4.11. The molecule has 2 unspecified atom stereocenters. The van der Waals surface area contributed by atoms with E-state index in [0.29, 0.717) is 11.8 Å². The summed E-state index contributed by atoms with van der Waals surface area (Å²) >= 11 is 25.4. The van der Waals surface area contributed by atoms with E-state index in [9.17, 15) is 0 Å². The van der Waals surface area contributed by atoms with Gasteiger partial charge in [0, 0.05) is 11.8 Å². The number of hydrogen-bond donors (Lipinski definition) is 0. The van der Waals surface area contributed by atoms with E-state index in [1.165, 1.54) is 0 Å². The fraction of sp³-hybridized carbons (Fsp3) is 1.00. The quantitative estimate of drug-likeness (QED) is 0.698. The van der Waals surface area contributed by atoms with E-state index in [-0.39, 0.29) is 0 Å². The molecule has 0 heterocycles. The van der Waals surface area contributed by atoms with Crippen LogP contribution in [-0.2, 0) is 0 Å². The topological polar surface area (TPSA) is 0 Å². The first-order valence-electron chi connectivity index (χ1n) is 4.25. The molecule has 76 valence electrons. The van der Waals surface area contributed by atoms with Crippen LogP contribution in [0.5, 0.6) is 0 Å². The molecule has 0 bridgehead atoms. The lowest BCUT2D eigenvalue weighted by Crippen LogP contribution is -1.97. The largest absolute Gasteiger partial charge is 0.161 e. The minimum atomic E-state index is -0.435. The van der Waals surface area contributed by atoms with Gasteiger partial charge in [0.25, 0.3) is 0 Å². The molecule has 0 spiro atoms. The molecule has 2 aliphatic rings. The standard InChI is InChI=1S/C8H10Cl4S/c9-7(10)1-5(7)3-13-4-6-2-8(6,11)12/h5-6H,1-4H2. The highest BCUT2D eigenvalue weighted by Crippen LogP contribution is 2.57. The molecule has 0 aromatic carbocycles. The third-order valence-electron chi connectivity index (χ3n) is 2.55. The van der Waals surface area contributed by atoms with Crippen LogP contribution in [0.3, 0.4) is 0 Å². The van der Waals surface area contributed by atoms with Gasteiger partial charge >= 0.3 is 0 Å². The number of alkyl halides is 4. The summed E-state index contributed by atoms with van der Waals surface area (Å²) in [6.45, 7) is 0. The molecule has 0 nitrogen and oxygen atoms in total. The van der Waals surface area contributed by atoms with E-state index in [0.717, 1.165) is 24.3 Å². The number of halogens is 4. The number of thioether (sulfide) groups is 1. The van der Waals surface area contributed by atoms with Crippen molar-refractivity contribution in [3.63, 3.8) is 0 Å². The van der Waals surface area contributed by atoms with Crippen LogP contribution in [0.15, 0.2) is 0 Å². The second-order valence-electron chi connectivity index (χ2n) is 3.86. The highest BCUT2D eigenvalue weighted by atomic mass is 35.5. The number of rotatable bonds is 4. The van der Waals surface area contributed by atoms with Gasteiger partial charge < -0.3 is 0 Å². The van der Waals surface area contributed by atoms with E-state index < -0.39 is 8.67 Å². The lowest BCUT2D eigenvalue weighted by atomic mass is 10.5. The SMILES string of the molecule is ClC1(Cl)CC1CSCC1CC1(Cl)Cl. The van der Waals surface area contributed by atoms with Crippen molar-refractivity contribution in [2.75, 3.05) is 11.5 Å². The summed E-state index contributed by atoms with van der Waals surface area (Å²) in [6, 6.07) is 0. The lowest BCUT2D eigenvalue weighted by Gasteiger charge is -2.01. The first-order chi connectivity index (χ1) is 5.92. The van der Waals surface area contributed by atoms with E-state index >= 15 is 0 Å². The molecule has 5 heteroatoms. The molecule has 2 aliphatic carbocycles. The van der Waals surface area contributed by atoms with Crippen LogP contribution in [0.1, 0.15) is 12.8 Å². The van der Waals surface area contributed by atoms with Crippen LogP contribution in [0.4, 0.5) is 0 Å². The Balaban J connectivity index is 1.56. The van der Waals surface area contributed by atoms with Crippen LogP contribution in [0.2, 0.25) is 0 Å². The maximum Gasteiger partial charge on any atom is 0.122 e. The van der Waals surface area contributed by atoms with Gasteiger partial charge in [0.05, 0.1) is 0 Å². The van der Waals surface area contributed by atoms with Crippen LogP contribution in [0, 0.1) is 11.8 Å². The fourth-order valence-corrected chi connectivity index (χ4v) is 4.18. The summed E-state index contributed by atoms with van der Waals surface area (Å²) in [7, 11) is 0. The van der Waals surface area contributed by atoms with Gasteiger partial charge in [-0.15, -0.1) is 46.4 Å². The van der Waals surface area contributed by atoms with Gasteiger partial charge in [0.2, 0.25) is 0 Å². The van der Waals surface area contributed by atoms with Crippen molar-refractivity contribution in [2.45, 2.75) is 21.5 Å². The van der Waals surface area contributed by atoms with Gasteiger partial charge in [-0.2, -0.15) is 11.8 Å². The summed E-state index contributed by atoms with van der Waals surface area (Å²) in [5, 5.41) is 0. The maximum atomic E-state index is 5.89. The molecule has 0 aromatic rings. The fourth-order valence-electron chi connectivity index (χ4n) is 1.25. The summed E-state index contributed by atoms with van der Waals surface area (Å²) in [5.41, 5.74) is 0. The van der Waals surface area contributed by atoms with Crippen LogP contribution < -0.4 is 0 Å². The zero-order valence-electron chi connectivity index (χ0n) is 6.90. The first-order valence-corrected chi connectivity index (χ1v) is 6.92. The van der Waals surface area contributed by atoms with Crippen molar-refractivity contribution in [3.8, 4) is 0 Å². The molecular formula is C8H10Cl4S. The van der Waals surface area contributed by atoms with Crippen LogP contribution in [-0.4, -0.2) is 20.2 Å². The Bertz CT molecular complexity index is 194. The third kappa shape index (κ3) is 2.75. The zero-order chi connectivity index (χ0) is 9.69. The summed E-state index contributed by atoms with van der Waals surface area (Å²) in [6.07, 6.45) is 1.86. The van der Waals surface area contributed by atoms with Gasteiger partial charge in [-0.25, -0.2) is 0 Å². The van der Waals surface area contributed by atoms with E-state index in [1.807, 2.05) is 11.8 Å². The zero-order valence-corrected chi connectivity index (χ0v) is 10.7. The van der Waals surface area contributed by atoms with Crippen molar-refractivity contribution in [1.82, 2.24) is 0 Å². The van der Waals surface area contributed by atoms with Crippen LogP contribution in [0.25, 0.3) is 0 Å². The Morgan fingerprint density at radius 2 is 1.23 bits per heavy atom. The molecule has 0 aliphatic heterocycles. The molecule has 2 atom stereocenters. The molecule has 2 rings (SSSR count). The van der Waals surface area contributed by atoms with Gasteiger partial charge in [-0.3, -0.25) is 0 Å². The molecule has 2 fully saturated rings.